The van der Waals surface area contributed by atoms with Crippen molar-refractivity contribution in [2.75, 3.05) is 12.9 Å². The minimum Gasteiger partial charge on any atom is -0.444 e. The Morgan fingerprint density at radius 3 is 2.37 bits per heavy atom. The summed E-state index contributed by atoms with van der Waals surface area (Å²) < 4.78 is 32.9. The molecule has 0 bridgehead atoms. The van der Waals surface area contributed by atoms with Crippen LogP contribution in [0.5, 0.6) is 0 Å². The molecular weight excluding hydrogens is 424 g/mol. The lowest BCUT2D eigenvalue weighted by Crippen LogP contribution is -2.36. The van der Waals surface area contributed by atoms with Gasteiger partial charge in [0.2, 0.25) is 0 Å². The van der Waals surface area contributed by atoms with E-state index in [9.17, 15) is 13.2 Å². The molecule has 30 heavy (non-hydrogen) atoms. The third-order valence-corrected chi connectivity index (χ3v) is 5.76. The summed E-state index contributed by atoms with van der Waals surface area (Å²) in [5.74, 6) is -0.108. The van der Waals surface area contributed by atoms with Crippen LogP contribution >= 0.6 is 11.3 Å². The summed E-state index contributed by atoms with van der Waals surface area (Å²) in [6.45, 7) is 9.30. The summed E-state index contributed by atoms with van der Waals surface area (Å²) in [7, 11) is -3.52. The Labute approximate surface area is 183 Å². The molecule has 1 amide bonds. The predicted octanol–water partition coefficient (Wildman–Crippen LogP) is 4.69. The zero-order chi connectivity index (χ0) is 22.5. The van der Waals surface area contributed by atoms with E-state index in [4.69, 9.17) is 8.92 Å². The molecule has 166 valence electrons. The van der Waals surface area contributed by atoms with Gasteiger partial charge in [-0.25, -0.2) is 9.78 Å². The molecule has 1 aromatic carbocycles. The number of nitrogens with one attached hydrogen (secondary N) is 1. The highest BCUT2D eigenvalue weighted by Gasteiger charge is 2.23. The minimum absolute atomic E-state index is 0.0451. The minimum atomic E-state index is -3.52. The quantitative estimate of drug-likeness (QED) is 0.582. The smallest absolute Gasteiger partial charge is 0.408 e. The number of ether oxygens (including phenoxy) is 1. The van der Waals surface area contributed by atoms with Gasteiger partial charge in [-0.1, -0.05) is 31.2 Å². The average molecular weight is 455 g/mol. The molecule has 7 nitrogen and oxygen atoms in total. The third-order valence-electron chi connectivity index (χ3n) is 4.22. The van der Waals surface area contributed by atoms with Gasteiger partial charge in [0, 0.05) is 0 Å². The molecule has 9 heteroatoms. The van der Waals surface area contributed by atoms with E-state index in [0.717, 1.165) is 28.0 Å². The normalized spacial score (nSPS) is 14.2. The zero-order valence-electron chi connectivity index (χ0n) is 18.3. The summed E-state index contributed by atoms with van der Waals surface area (Å²) in [6.07, 6.45) is 0.996. The number of carbonyl (C=O) groups excluding carboxylic acids is 1. The Balaban J connectivity index is 2.19. The molecule has 0 aliphatic rings. The fraction of sp³-hybridized carbons (Fsp3) is 0.524. The van der Waals surface area contributed by atoms with Gasteiger partial charge >= 0.3 is 6.09 Å². The molecule has 2 aromatic rings. The second kappa shape index (κ2) is 9.89. The first-order chi connectivity index (χ1) is 13.8. The van der Waals surface area contributed by atoms with Crippen LogP contribution in [0, 0.1) is 12.8 Å². The van der Waals surface area contributed by atoms with Crippen LogP contribution in [-0.4, -0.2) is 38.0 Å². The second-order valence-electron chi connectivity index (χ2n) is 8.42. The van der Waals surface area contributed by atoms with E-state index in [1.54, 1.807) is 32.1 Å². The van der Waals surface area contributed by atoms with Gasteiger partial charge in [0.25, 0.3) is 10.1 Å². The van der Waals surface area contributed by atoms with Gasteiger partial charge in [-0.15, -0.1) is 11.3 Å². The predicted molar refractivity (Wildman–Crippen MR) is 119 cm³/mol. The van der Waals surface area contributed by atoms with E-state index in [0.29, 0.717) is 6.42 Å². The van der Waals surface area contributed by atoms with Crippen molar-refractivity contribution >= 4 is 27.5 Å². The van der Waals surface area contributed by atoms with Crippen LogP contribution in [0.2, 0.25) is 0 Å². The molecule has 0 aliphatic carbocycles. The first-order valence-electron chi connectivity index (χ1n) is 9.68. The van der Waals surface area contributed by atoms with Crippen LogP contribution in [0.25, 0.3) is 10.4 Å². The lowest BCUT2D eigenvalue weighted by Gasteiger charge is -2.25. The Morgan fingerprint density at radius 1 is 1.23 bits per heavy atom. The zero-order valence-corrected chi connectivity index (χ0v) is 19.9. The highest BCUT2D eigenvalue weighted by atomic mass is 32.2. The number of alkyl carbamates (subject to hydrolysis) is 1. The Hall–Kier alpha value is -1.97. The summed E-state index contributed by atoms with van der Waals surface area (Å²) in [4.78, 5) is 17.8. The maximum absolute atomic E-state index is 12.4. The van der Waals surface area contributed by atoms with E-state index < -0.39 is 21.8 Å². The molecule has 0 saturated carbocycles. The number of hydrogen-bond donors (Lipinski definition) is 1. The number of rotatable bonds is 8. The summed E-state index contributed by atoms with van der Waals surface area (Å²) in [6, 6.07) is 7.56. The van der Waals surface area contributed by atoms with Crippen molar-refractivity contribution in [1.29, 1.82) is 0 Å². The molecule has 1 heterocycles. The van der Waals surface area contributed by atoms with E-state index >= 15 is 0 Å². The van der Waals surface area contributed by atoms with Crippen molar-refractivity contribution in [3.05, 3.63) is 41.0 Å². The molecule has 1 aromatic heterocycles. The van der Waals surface area contributed by atoms with Crippen LogP contribution in [0.4, 0.5) is 4.79 Å². The molecule has 0 spiro atoms. The number of nitrogens with zero attached hydrogens (tertiary/aromatic N) is 1. The highest BCUT2D eigenvalue weighted by Crippen LogP contribution is 2.30. The molecule has 2 rings (SSSR count). The summed E-state index contributed by atoms with van der Waals surface area (Å²) in [5.41, 5.74) is 4.13. The van der Waals surface area contributed by atoms with Crippen LogP contribution in [-0.2, 0) is 19.0 Å². The van der Waals surface area contributed by atoms with Crippen molar-refractivity contribution in [2.24, 2.45) is 5.92 Å². The molecule has 0 radical (unpaired) electrons. The monoisotopic (exact) mass is 454 g/mol. The summed E-state index contributed by atoms with van der Waals surface area (Å²) in [5, 5.41) is 2.91. The Bertz CT molecular complexity index is 947. The van der Waals surface area contributed by atoms with E-state index in [1.165, 1.54) is 0 Å². The van der Waals surface area contributed by atoms with Crippen molar-refractivity contribution in [1.82, 2.24) is 10.3 Å². The molecular formula is C21H30N2O5S2. The van der Waals surface area contributed by atoms with Crippen LogP contribution in [0.3, 0.4) is 0 Å². The SMILES string of the molecule is Cc1ncsc1-c1ccc([C@H](CC(C)COS(C)(=O)=O)NC(=O)OC(C)(C)C)cc1. The Kier molecular flexibility index (Phi) is 8.01. The number of aryl methyl sites for hydroxylation is 1. The maximum Gasteiger partial charge on any atom is 0.408 e. The highest BCUT2D eigenvalue weighted by molar-refractivity contribution is 7.85. The van der Waals surface area contributed by atoms with Crippen LogP contribution in [0.15, 0.2) is 29.8 Å². The number of thiazole rings is 1. The van der Waals surface area contributed by atoms with Crippen molar-refractivity contribution < 1.29 is 22.1 Å². The van der Waals surface area contributed by atoms with Crippen LogP contribution < -0.4 is 5.32 Å². The summed E-state index contributed by atoms with van der Waals surface area (Å²) >= 11 is 1.58. The molecule has 0 fully saturated rings. The van der Waals surface area contributed by atoms with Gasteiger partial charge in [0.1, 0.15) is 5.60 Å². The lowest BCUT2D eigenvalue weighted by atomic mass is 9.95. The number of aromatic nitrogens is 1. The second-order valence-corrected chi connectivity index (χ2v) is 10.9. The van der Waals surface area contributed by atoms with Crippen LogP contribution in [0.1, 0.15) is 51.4 Å². The van der Waals surface area contributed by atoms with Crippen molar-refractivity contribution in [3.8, 4) is 10.4 Å². The first-order valence-corrected chi connectivity index (χ1v) is 12.4. The molecule has 0 saturated heterocycles. The van der Waals surface area contributed by atoms with Crippen molar-refractivity contribution in [3.63, 3.8) is 0 Å². The first kappa shape index (κ1) is 24.3. The Morgan fingerprint density at radius 2 is 1.87 bits per heavy atom. The molecule has 2 atom stereocenters. The third kappa shape index (κ3) is 8.04. The van der Waals surface area contributed by atoms with Gasteiger partial charge < -0.3 is 10.1 Å². The molecule has 0 aliphatic heterocycles. The number of amides is 1. The lowest BCUT2D eigenvalue weighted by molar-refractivity contribution is 0.0494. The average Bonchev–Trinajstić information content (AvgIpc) is 3.03. The maximum atomic E-state index is 12.4. The van der Waals surface area contributed by atoms with E-state index in [-0.39, 0.29) is 18.6 Å². The largest absolute Gasteiger partial charge is 0.444 e. The number of hydrogen-bond acceptors (Lipinski definition) is 7. The van der Waals surface area contributed by atoms with E-state index in [2.05, 4.69) is 10.3 Å². The molecule has 1 unspecified atom stereocenters. The van der Waals surface area contributed by atoms with Gasteiger partial charge in [-0.3, -0.25) is 4.18 Å². The van der Waals surface area contributed by atoms with E-state index in [1.807, 2.05) is 43.6 Å². The van der Waals surface area contributed by atoms with Gasteiger partial charge in [-0.2, -0.15) is 8.42 Å². The van der Waals surface area contributed by atoms with Gasteiger partial charge in [0.05, 0.1) is 35.0 Å². The van der Waals surface area contributed by atoms with Gasteiger partial charge in [0.15, 0.2) is 0 Å². The fourth-order valence-corrected chi connectivity index (χ4v) is 4.18. The van der Waals surface area contributed by atoms with Crippen molar-refractivity contribution in [2.45, 2.75) is 52.7 Å². The molecule has 1 N–H and O–H groups in total. The van der Waals surface area contributed by atoms with Gasteiger partial charge in [-0.05, 0) is 51.2 Å². The standard InChI is InChI=1S/C21H30N2O5S2/c1-14(12-27-30(6,25)26)11-18(23-20(24)28-21(3,4)5)16-7-9-17(10-8-16)19-15(2)22-13-29-19/h7-10,13-14,18H,11-12H2,1-6H3,(H,23,24)/t14?,18-/m0/s1. The fourth-order valence-electron chi connectivity index (χ4n) is 2.88. The number of carbonyl (C=O) groups is 1. The number of benzene rings is 1. The topological polar surface area (TPSA) is 94.6 Å².